The van der Waals surface area contributed by atoms with Crippen LogP contribution in [0.3, 0.4) is 0 Å². The van der Waals surface area contributed by atoms with Crippen LogP contribution in [-0.4, -0.2) is 61.3 Å². The fourth-order valence-electron chi connectivity index (χ4n) is 2.87. The van der Waals surface area contributed by atoms with Crippen LogP contribution in [0.1, 0.15) is 62.1 Å². The van der Waals surface area contributed by atoms with E-state index < -0.39 is 52.7 Å². The van der Waals surface area contributed by atoms with Gasteiger partial charge < -0.3 is 30.3 Å². The molecule has 0 spiro atoms. The molecule has 12 heteroatoms. The van der Waals surface area contributed by atoms with Crippen LogP contribution in [-0.2, 0) is 0 Å². The molecule has 0 amide bonds. The van der Waals surface area contributed by atoms with Crippen molar-refractivity contribution < 1.29 is 59.0 Å². The second-order valence-electron chi connectivity index (χ2n) is 6.69. The van der Waals surface area contributed by atoms with E-state index in [0.29, 0.717) is 0 Å². The number of benzene rings is 3. The number of carbonyl (C=O) groups excluding carboxylic acids is 1. The number of hydrogen-bond acceptors (Lipinski definition) is 7. The van der Waals surface area contributed by atoms with Gasteiger partial charge >= 0.3 is 35.8 Å². The second kappa shape index (κ2) is 11.6. The minimum atomic E-state index is -1.60. The van der Waals surface area contributed by atoms with E-state index in [1.165, 1.54) is 54.6 Å². The zero-order valence-electron chi connectivity index (χ0n) is 17.9. The van der Waals surface area contributed by atoms with Gasteiger partial charge in [-0.05, 0) is 36.4 Å². The van der Waals surface area contributed by atoms with Crippen LogP contribution in [0.25, 0.3) is 0 Å². The molecule has 0 atom stereocenters. The lowest BCUT2D eigenvalue weighted by molar-refractivity contribution is 0.0633. The van der Waals surface area contributed by atoms with Crippen LogP contribution in [0.4, 0.5) is 0 Å². The van der Waals surface area contributed by atoms with Crippen LogP contribution in [0.15, 0.2) is 66.7 Å². The van der Waals surface area contributed by atoms with E-state index in [9.17, 15) is 33.9 Å². The molecule has 0 aliphatic heterocycles. The molecule has 0 aromatic heterocycles. The third kappa shape index (κ3) is 6.29. The van der Waals surface area contributed by atoms with E-state index in [1.807, 2.05) is 0 Å². The molecule has 12 nitrogen and oxygen atoms in total. The van der Waals surface area contributed by atoms with E-state index in [-0.39, 0.29) is 22.3 Å². The van der Waals surface area contributed by atoms with Crippen LogP contribution in [0, 0.1) is 0 Å². The molecule has 3 aromatic carbocycles. The molecule has 184 valence electrons. The van der Waals surface area contributed by atoms with E-state index in [2.05, 4.69) is 0 Å². The summed E-state index contributed by atoms with van der Waals surface area (Å²) >= 11 is 0. The average Bonchev–Trinajstić information content (AvgIpc) is 2.83. The molecule has 0 unspecified atom stereocenters. The van der Waals surface area contributed by atoms with Crippen molar-refractivity contribution >= 4 is 35.8 Å². The van der Waals surface area contributed by atoms with Crippen molar-refractivity contribution in [3.8, 4) is 5.75 Å². The maximum Gasteiger partial charge on any atom is 0.344 e. The maximum atomic E-state index is 12.2. The molecular weight excluding hydrogens is 480 g/mol. The second-order valence-corrected chi connectivity index (χ2v) is 6.69. The van der Waals surface area contributed by atoms with Gasteiger partial charge in [0.25, 0.3) is 0 Å². The SMILES string of the molecule is O=C(O)c1ccccc1C(=O)O.O=C(O)c1ccccc1C(=O)Oc1cccc(C(=O)O)c1C(=O)O. The molecular formula is C24H16O12. The molecule has 0 fully saturated rings. The normalized spacial score (nSPS) is 9.78. The van der Waals surface area contributed by atoms with Gasteiger partial charge in [0.2, 0.25) is 0 Å². The topological polar surface area (TPSA) is 213 Å². The Labute approximate surface area is 201 Å². The first kappa shape index (κ1) is 26.7. The van der Waals surface area contributed by atoms with Crippen LogP contribution in [0.2, 0.25) is 0 Å². The van der Waals surface area contributed by atoms with Crippen molar-refractivity contribution in [2.75, 3.05) is 0 Å². The highest BCUT2D eigenvalue weighted by molar-refractivity contribution is 6.06. The molecule has 0 radical (unpaired) electrons. The average molecular weight is 496 g/mol. The maximum absolute atomic E-state index is 12.2. The van der Waals surface area contributed by atoms with E-state index in [4.69, 9.17) is 25.2 Å². The summed E-state index contributed by atoms with van der Waals surface area (Å²) in [6, 6.07) is 14.1. The predicted octanol–water partition coefficient (Wildman–Crippen LogP) is 3.08. The molecule has 5 N–H and O–H groups in total. The summed E-state index contributed by atoms with van der Waals surface area (Å²) in [5.74, 6) is -8.52. The Morgan fingerprint density at radius 2 is 0.806 bits per heavy atom. The number of ether oxygens (including phenoxy) is 1. The Morgan fingerprint density at radius 1 is 0.444 bits per heavy atom. The van der Waals surface area contributed by atoms with E-state index in [0.717, 1.165) is 12.1 Å². The van der Waals surface area contributed by atoms with Gasteiger partial charge in [-0.15, -0.1) is 0 Å². The first-order valence-corrected chi connectivity index (χ1v) is 9.65. The third-order valence-corrected chi connectivity index (χ3v) is 4.44. The summed E-state index contributed by atoms with van der Waals surface area (Å²) in [6.45, 7) is 0. The minimum absolute atomic E-state index is 0.190. The Balaban J connectivity index is 0.000000319. The van der Waals surface area contributed by atoms with Crippen LogP contribution in [0.5, 0.6) is 5.75 Å². The lowest BCUT2D eigenvalue weighted by Gasteiger charge is -2.10. The van der Waals surface area contributed by atoms with Gasteiger partial charge in [-0.3, -0.25) is 0 Å². The lowest BCUT2D eigenvalue weighted by Crippen LogP contribution is -2.17. The number of esters is 1. The summed E-state index contributed by atoms with van der Waals surface area (Å²) in [7, 11) is 0. The standard InChI is InChI=1S/C16H10O8.C8H6O4/c17-13(18)8-4-1-2-5-9(8)16(23)24-11-7-3-6-10(14(19)20)12(11)15(21)22;9-7(10)5-3-1-2-4-6(5)8(11)12/h1-7H,(H,17,18)(H,19,20)(H,21,22);1-4H,(H,9,10)(H,11,12). The van der Waals surface area contributed by atoms with Crippen molar-refractivity contribution in [1.29, 1.82) is 0 Å². The van der Waals surface area contributed by atoms with Gasteiger partial charge in [0, 0.05) is 0 Å². The molecule has 0 bridgehead atoms. The molecule has 0 saturated heterocycles. The van der Waals surface area contributed by atoms with Gasteiger partial charge in [-0.2, -0.15) is 0 Å². The highest BCUT2D eigenvalue weighted by atomic mass is 16.5. The highest BCUT2D eigenvalue weighted by Crippen LogP contribution is 2.24. The number of rotatable bonds is 7. The van der Waals surface area contributed by atoms with E-state index >= 15 is 0 Å². The monoisotopic (exact) mass is 496 g/mol. The Morgan fingerprint density at radius 3 is 1.19 bits per heavy atom. The van der Waals surface area contributed by atoms with Gasteiger partial charge in [0.15, 0.2) is 0 Å². The molecule has 0 heterocycles. The number of hydrogen-bond donors (Lipinski definition) is 5. The van der Waals surface area contributed by atoms with Crippen molar-refractivity contribution in [3.63, 3.8) is 0 Å². The van der Waals surface area contributed by atoms with Gasteiger partial charge in [-0.25, -0.2) is 28.8 Å². The zero-order chi connectivity index (χ0) is 27.0. The summed E-state index contributed by atoms with van der Waals surface area (Å²) in [5, 5.41) is 44.4. The lowest BCUT2D eigenvalue weighted by atomic mass is 10.1. The van der Waals surface area contributed by atoms with Crippen molar-refractivity contribution in [1.82, 2.24) is 0 Å². The molecule has 3 rings (SSSR count). The van der Waals surface area contributed by atoms with Crippen molar-refractivity contribution in [2.45, 2.75) is 0 Å². The van der Waals surface area contributed by atoms with Gasteiger partial charge in [0.1, 0.15) is 11.3 Å². The fraction of sp³-hybridized carbons (Fsp3) is 0. The van der Waals surface area contributed by atoms with Crippen molar-refractivity contribution in [3.05, 3.63) is 100 Å². The van der Waals surface area contributed by atoms with Crippen molar-refractivity contribution in [2.24, 2.45) is 0 Å². The summed E-state index contributed by atoms with van der Waals surface area (Å²) < 4.78 is 4.93. The number of carboxylic acids is 5. The first-order chi connectivity index (χ1) is 17.0. The van der Waals surface area contributed by atoms with Gasteiger partial charge in [0.05, 0.1) is 27.8 Å². The summed E-state index contributed by atoms with van der Waals surface area (Å²) in [5.41, 5.74) is -2.25. The number of aromatic carboxylic acids is 5. The zero-order valence-corrected chi connectivity index (χ0v) is 17.9. The quantitative estimate of drug-likeness (QED) is 0.236. The van der Waals surface area contributed by atoms with Crippen LogP contribution < -0.4 is 4.74 Å². The van der Waals surface area contributed by atoms with E-state index in [1.54, 1.807) is 0 Å². The predicted molar refractivity (Wildman–Crippen MR) is 119 cm³/mol. The Kier molecular flexibility index (Phi) is 8.58. The number of carboxylic acid groups (broad SMARTS) is 5. The third-order valence-electron chi connectivity index (χ3n) is 4.44. The fourth-order valence-corrected chi connectivity index (χ4v) is 2.87. The molecule has 0 aliphatic carbocycles. The van der Waals surface area contributed by atoms with Gasteiger partial charge in [-0.1, -0.05) is 30.3 Å². The molecule has 3 aromatic rings. The summed E-state index contributed by atoms with van der Waals surface area (Å²) in [4.78, 5) is 66.6. The Bertz CT molecular complexity index is 1340. The Hall–Kier alpha value is -5.52. The molecule has 36 heavy (non-hydrogen) atoms. The smallest absolute Gasteiger partial charge is 0.344 e. The molecule has 0 saturated carbocycles. The number of carbonyl (C=O) groups is 6. The minimum Gasteiger partial charge on any atom is -0.478 e. The highest BCUT2D eigenvalue weighted by Gasteiger charge is 2.24. The van der Waals surface area contributed by atoms with Crippen LogP contribution >= 0.6 is 0 Å². The largest absolute Gasteiger partial charge is 0.478 e. The summed E-state index contributed by atoms with van der Waals surface area (Å²) in [6.07, 6.45) is 0. The first-order valence-electron chi connectivity index (χ1n) is 9.65. The molecule has 0 aliphatic rings.